The fraction of sp³-hybridized carbons (Fsp3) is 0.111. The Hall–Kier alpha value is -3.68. The summed E-state index contributed by atoms with van der Waals surface area (Å²) >= 11 is 0. The molecule has 1 N–H and O–H groups in total. The van der Waals surface area contributed by atoms with Gasteiger partial charge in [0.05, 0.1) is 12.0 Å². The molecule has 1 amide bonds. The van der Waals surface area contributed by atoms with Gasteiger partial charge in [-0.2, -0.15) is 0 Å². The van der Waals surface area contributed by atoms with Crippen LogP contribution in [0.4, 0.5) is 11.4 Å². The molecule has 0 saturated carbocycles. The highest BCUT2D eigenvalue weighted by Gasteiger charge is 2.15. The number of nitrogens with zero attached hydrogens (tertiary/aromatic N) is 1. The first-order valence-corrected chi connectivity index (χ1v) is 7.52. The molecule has 0 saturated heterocycles. The average molecular weight is 356 g/mol. The summed E-state index contributed by atoms with van der Waals surface area (Å²) < 4.78 is 9.97. The SMILES string of the molecule is COc1ccccc1/C=C/C(=O)OCC(=O)Nc1ccccc1[N+](=O)[O-]. The number of amides is 1. The Morgan fingerprint density at radius 2 is 1.85 bits per heavy atom. The molecule has 2 aromatic carbocycles. The Bertz CT molecular complexity index is 847. The predicted octanol–water partition coefficient (Wildman–Crippen LogP) is 2.80. The van der Waals surface area contributed by atoms with E-state index in [-0.39, 0.29) is 11.4 Å². The number of carbonyl (C=O) groups excluding carboxylic acids is 2. The lowest BCUT2D eigenvalue weighted by molar-refractivity contribution is -0.383. The van der Waals surface area contributed by atoms with Crippen LogP contribution in [0.25, 0.3) is 6.08 Å². The quantitative estimate of drug-likeness (QED) is 0.354. The molecule has 0 atom stereocenters. The Kier molecular flexibility index (Phi) is 6.44. The van der Waals surface area contributed by atoms with Crippen LogP contribution in [0.2, 0.25) is 0 Å². The molecule has 2 aromatic rings. The smallest absolute Gasteiger partial charge is 0.331 e. The topological polar surface area (TPSA) is 108 Å². The number of hydrogen-bond acceptors (Lipinski definition) is 6. The zero-order valence-corrected chi connectivity index (χ0v) is 13.9. The van der Waals surface area contributed by atoms with E-state index < -0.39 is 23.4 Å². The minimum atomic E-state index is -0.728. The van der Waals surface area contributed by atoms with Crippen LogP contribution in [0.1, 0.15) is 5.56 Å². The first-order chi connectivity index (χ1) is 12.5. The van der Waals surface area contributed by atoms with Gasteiger partial charge in [0.2, 0.25) is 0 Å². The molecule has 0 aliphatic heterocycles. The van der Waals surface area contributed by atoms with Gasteiger partial charge in [0.15, 0.2) is 6.61 Å². The number of nitrogens with one attached hydrogen (secondary N) is 1. The monoisotopic (exact) mass is 356 g/mol. The third kappa shape index (κ3) is 5.17. The summed E-state index contributed by atoms with van der Waals surface area (Å²) in [6, 6.07) is 12.8. The lowest BCUT2D eigenvalue weighted by atomic mass is 10.2. The molecule has 8 heteroatoms. The molecule has 0 fully saturated rings. The summed E-state index contributed by atoms with van der Waals surface area (Å²) in [4.78, 5) is 33.8. The number of para-hydroxylation sites is 3. The van der Waals surface area contributed by atoms with E-state index in [9.17, 15) is 19.7 Å². The van der Waals surface area contributed by atoms with Crippen LogP contribution in [0.3, 0.4) is 0 Å². The van der Waals surface area contributed by atoms with Crippen LogP contribution >= 0.6 is 0 Å². The summed E-state index contributed by atoms with van der Waals surface area (Å²) in [5.74, 6) is -0.822. The lowest BCUT2D eigenvalue weighted by Gasteiger charge is -2.06. The Balaban J connectivity index is 1.90. The number of rotatable bonds is 7. The minimum absolute atomic E-state index is 0.0307. The van der Waals surface area contributed by atoms with E-state index in [1.54, 1.807) is 30.3 Å². The molecule has 0 radical (unpaired) electrons. The van der Waals surface area contributed by atoms with Crippen LogP contribution in [0.5, 0.6) is 5.75 Å². The van der Waals surface area contributed by atoms with Crippen molar-refractivity contribution >= 4 is 29.3 Å². The van der Waals surface area contributed by atoms with E-state index >= 15 is 0 Å². The highest BCUT2D eigenvalue weighted by Crippen LogP contribution is 2.23. The van der Waals surface area contributed by atoms with Crippen molar-refractivity contribution < 1.29 is 24.0 Å². The van der Waals surface area contributed by atoms with Gasteiger partial charge in [-0.3, -0.25) is 14.9 Å². The van der Waals surface area contributed by atoms with E-state index in [0.29, 0.717) is 11.3 Å². The maximum Gasteiger partial charge on any atom is 0.331 e. The highest BCUT2D eigenvalue weighted by atomic mass is 16.6. The van der Waals surface area contributed by atoms with Gasteiger partial charge >= 0.3 is 5.97 Å². The van der Waals surface area contributed by atoms with Crippen molar-refractivity contribution in [1.82, 2.24) is 0 Å². The number of ether oxygens (including phenoxy) is 2. The first-order valence-electron chi connectivity index (χ1n) is 7.52. The van der Waals surface area contributed by atoms with Crippen molar-refractivity contribution in [3.05, 3.63) is 70.3 Å². The highest BCUT2D eigenvalue weighted by molar-refractivity contribution is 5.96. The van der Waals surface area contributed by atoms with Crippen molar-refractivity contribution in [2.24, 2.45) is 0 Å². The number of anilines is 1. The Labute approximate surface area is 149 Å². The van der Waals surface area contributed by atoms with Gasteiger partial charge in [-0.25, -0.2) is 4.79 Å². The summed E-state index contributed by atoms with van der Waals surface area (Å²) in [6.45, 7) is -0.568. The van der Waals surface area contributed by atoms with Crippen LogP contribution in [-0.2, 0) is 14.3 Å². The van der Waals surface area contributed by atoms with Crippen molar-refractivity contribution in [1.29, 1.82) is 0 Å². The number of hydrogen-bond donors (Lipinski definition) is 1. The van der Waals surface area contributed by atoms with Gasteiger partial charge in [-0.1, -0.05) is 30.3 Å². The summed E-state index contributed by atoms with van der Waals surface area (Å²) in [5.41, 5.74) is 0.461. The Morgan fingerprint density at radius 3 is 2.58 bits per heavy atom. The largest absolute Gasteiger partial charge is 0.496 e. The number of nitro groups is 1. The molecule has 0 aromatic heterocycles. The number of methoxy groups -OCH3 is 1. The molecule has 134 valence electrons. The fourth-order valence-corrected chi connectivity index (χ4v) is 2.07. The van der Waals surface area contributed by atoms with Crippen molar-refractivity contribution in [3.63, 3.8) is 0 Å². The molecule has 0 aliphatic carbocycles. The number of benzene rings is 2. The maximum absolute atomic E-state index is 11.8. The van der Waals surface area contributed by atoms with Gasteiger partial charge in [-0.05, 0) is 18.2 Å². The maximum atomic E-state index is 11.8. The molecular weight excluding hydrogens is 340 g/mol. The van der Waals surface area contributed by atoms with E-state index in [2.05, 4.69) is 5.32 Å². The van der Waals surface area contributed by atoms with E-state index in [4.69, 9.17) is 9.47 Å². The van der Waals surface area contributed by atoms with Gasteiger partial charge in [0.25, 0.3) is 11.6 Å². The zero-order valence-electron chi connectivity index (χ0n) is 13.9. The van der Waals surface area contributed by atoms with Crippen LogP contribution in [0, 0.1) is 10.1 Å². The van der Waals surface area contributed by atoms with Gasteiger partial charge < -0.3 is 14.8 Å². The molecule has 0 unspecified atom stereocenters. The number of nitro benzene ring substituents is 1. The van der Waals surface area contributed by atoms with Gasteiger partial charge in [0.1, 0.15) is 11.4 Å². The van der Waals surface area contributed by atoms with Gasteiger partial charge in [0, 0.05) is 17.7 Å². The molecule has 8 nitrogen and oxygen atoms in total. The molecule has 0 spiro atoms. The average Bonchev–Trinajstić information content (AvgIpc) is 2.65. The number of esters is 1. The molecule has 2 rings (SSSR count). The summed E-state index contributed by atoms with van der Waals surface area (Å²) in [5, 5.41) is 13.2. The second-order valence-corrected chi connectivity index (χ2v) is 5.01. The normalized spacial score (nSPS) is 10.3. The van der Waals surface area contributed by atoms with Crippen molar-refractivity contribution in [3.8, 4) is 5.75 Å². The third-order valence-electron chi connectivity index (χ3n) is 3.26. The number of carbonyl (C=O) groups is 2. The standard InChI is InChI=1S/C18H16N2O6/c1-25-16-9-5-2-6-13(16)10-11-18(22)26-12-17(21)19-14-7-3-4-8-15(14)20(23)24/h2-11H,12H2,1H3,(H,19,21)/b11-10+. The predicted molar refractivity (Wildman–Crippen MR) is 94.7 cm³/mol. The minimum Gasteiger partial charge on any atom is -0.496 e. The van der Waals surface area contributed by atoms with Crippen LogP contribution < -0.4 is 10.1 Å². The van der Waals surface area contributed by atoms with Gasteiger partial charge in [-0.15, -0.1) is 0 Å². The van der Waals surface area contributed by atoms with E-state index in [0.717, 1.165) is 6.08 Å². The lowest BCUT2D eigenvalue weighted by Crippen LogP contribution is -2.20. The summed E-state index contributed by atoms with van der Waals surface area (Å²) in [6.07, 6.45) is 2.66. The second-order valence-electron chi connectivity index (χ2n) is 5.01. The molecule has 0 aliphatic rings. The molecule has 26 heavy (non-hydrogen) atoms. The fourth-order valence-electron chi connectivity index (χ4n) is 2.07. The van der Waals surface area contributed by atoms with E-state index in [1.165, 1.54) is 31.4 Å². The van der Waals surface area contributed by atoms with Crippen molar-refractivity contribution in [2.75, 3.05) is 19.0 Å². The third-order valence-corrected chi connectivity index (χ3v) is 3.26. The molecule has 0 heterocycles. The zero-order chi connectivity index (χ0) is 18.9. The second kappa shape index (κ2) is 8.97. The molecule has 0 bridgehead atoms. The summed E-state index contributed by atoms with van der Waals surface area (Å²) in [7, 11) is 1.51. The Morgan fingerprint density at radius 1 is 1.15 bits per heavy atom. The molecular formula is C18H16N2O6. The first kappa shape index (κ1) is 18.7. The van der Waals surface area contributed by atoms with Crippen LogP contribution in [0.15, 0.2) is 54.6 Å². The van der Waals surface area contributed by atoms with E-state index in [1.807, 2.05) is 0 Å². The van der Waals surface area contributed by atoms with Crippen LogP contribution in [-0.4, -0.2) is 30.5 Å². The van der Waals surface area contributed by atoms with Crippen molar-refractivity contribution in [2.45, 2.75) is 0 Å².